The van der Waals surface area contributed by atoms with Crippen molar-refractivity contribution in [3.05, 3.63) is 29.6 Å². The van der Waals surface area contributed by atoms with Crippen LogP contribution >= 0.6 is 0 Å². The molecule has 0 saturated carbocycles. The Morgan fingerprint density at radius 2 is 1.86 bits per heavy atom. The molecule has 0 atom stereocenters. The molecule has 0 radical (unpaired) electrons. The van der Waals surface area contributed by atoms with Gasteiger partial charge in [0, 0.05) is 24.5 Å². The van der Waals surface area contributed by atoms with Gasteiger partial charge in [-0.3, -0.25) is 0 Å². The topological polar surface area (TPSA) is 29.0 Å². The Labute approximate surface area is 84.5 Å². The third kappa shape index (κ3) is 1.92. The molecule has 0 aliphatic carbocycles. The van der Waals surface area contributed by atoms with E-state index in [2.05, 4.69) is 27.0 Å². The summed E-state index contributed by atoms with van der Waals surface area (Å²) in [7, 11) is 0. The minimum Gasteiger partial charge on any atom is -0.337 e. The number of aryl methyl sites for hydroxylation is 2. The second kappa shape index (κ2) is 3.78. The monoisotopic (exact) mass is 189 g/mol. The van der Waals surface area contributed by atoms with Gasteiger partial charge in [0.2, 0.25) is 5.95 Å². The van der Waals surface area contributed by atoms with Crippen molar-refractivity contribution >= 4 is 5.95 Å². The van der Waals surface area contributed by atoms with E-state index in [4.69, 9.17) is 0 Å². The minimum absolute atomic E-state index is 0.867. The average Bonchev–Trinajstić information content (AvgIpc) is 2.18. The number of hydrogen-bond acceptors (Lipinski definition) is 3. The standard InChI is InChI=1S/C11H15N3/c1-9-8-10(2)13-11(12-9)14-6-4-3-5-7-14/h3-4,8H,5-7H2,1-2H3. The molecule has 1 aromatic heterocycles. The van der Waals surface area contributed by atoms with Crippen LogP contribution in [0.25, 0.3) is 0 Å². The van der Waals surface area contributed by atoms with Gasteiger partial charge in [-0.2, -0.15) is 0 Å². The maximum absolute atomic E-state index is 4.44. The molecule has 0 spiro atoms. The van der Waals surface area contributed by atoms with E-state index in [1.54, 1.807) is 0 Å². The average molecular weight is 189 g/mol. The number of hydrogen-bond donors (Lipinski definition) is 0. The van der Waals surface area contributed by atoms with Gasteiger partial charge in [-0.15, -0.1) is 0 Å². The van der Waals surface area contributed by atoms with E-state index in [9.17, 15) is 0 Å². The molecule has 1 aromatic rings. The molecular weight excluding hydrogens is 174 g/mol. The van der Waals surface area contributed by atoms with E-state index in [-0.39, 0.29) is 0 Å². The smallest absolute Gasteiger partial charge is 0.226 e. The van der Waals surface area contributed by atoms with Crippen LogP contribution in [0, 0.1) is 13.8 Å². The van der Waals surface area contributed by atoms with Gasteiger partial charge in [0.05, 0.1) is 0 Å². The van der Waals surface area contributed by atoms with Crippen LogP contribution < -0.4 is 4.90 Å². The van der Waals surface area contributed by atoms with Gasteiger partial charge in [0.25, 0.3) is 0 Å². The van der Waals surface area contributed by atoms with Crippen LogP contribution in [0.3, 0.4) is 0 Å². The Balaban J connectivity index is 2.26. The van der Waals surface area contributed by atoms with E-state index < -0.39 is 0 Å². The molecule has 0 amide bonds. The summed E-state index contributed by atoms with van der Waals surface area (Å²) in [5, 5.41) is 0. The van der Waals surface area contributed by atoms with Crippen molar-refractivity contribution in [3.63, 3.8) is 0 Å². The highest BCUT2D eigenvalue weighted by molar-refractivity contribution is 5.34. The SMILES string of the molecule is Cc1cc(C)nc(N2CC=CCC2)n1. The van der Waals surface area contributed by atoms with Crippen LogP contribution in [0.4, 0.5) is 5.95 Å². The molecule has 2 heterocycles. The molecular formula is C11H15N3. The van der Waals surface area contributed by atoms with Crippen LogP contribution in [0.2, 0.25) is 0 Å². The number of aromatic nitrogens is 2. The quantitative estimate of drug-likeness (QED) is 0.631. The van der Waals surface area contributed by atoms with Gasteiger partial charge in [0.15, 0.2) is 0 Å². The summed E-state index contributed by atoms with van der Waals surface area (Å²) in [6.07, 6.45) is 5.47. The van der Waals surface area contributed by atoms with Crippen molar-refractivity contribution in [2.75, 3.05) is 18.0 Å². The van der Waals surface area contributed by atoms with Crippen LogP contribution in [0.15, 0.2) is 18.2 Å². The summed E-state index contributed by atoms with van der Waals surface area (Å²) in [6.45, 7) is 5.98. The molecule has 1 aliphatic rings. The van der Waals surface area contributed by atoms with Crippen molar-refractivity contribution in [2.45, 2.75) is 20.3 Å². The molecule has 0 N–H and O–H groups in total. The van der Waals surface area contributed by atoms with E-state index >= 15 is 0 Å². The zero-order valence-electron chi connectivity index (χ0n) is 8.70. The lowest BCUT2D eigenvalue weighted by Crippen LogP contribution is -2.28. The molecule has 74 valence electrons. The first kappa shape index (κ1) is 9.19. The van der Waals surface area contributed by atoms with Gasteiger partial charge in [-0.1, -0.05) is 12.2 Å². The van der Waals surface area contributed by atoms with Gasteiger partial charge in [-0.25, -0.2) is 9.97 Å². The van der Waals surface area contributed by atoms with Gasteiger partial charge >= 0.3 is 0 Å². The Morgan fingerprint density at radius 1 is 1.14 bits per heavy atom. The molecule has 0 saturated heterocycles. The summed E-state index contributed by atoms with van der Waals surface area (Å²) < 4.78 is 0. The Hall–Kier alpha value is -1.38. The predicted octanol–water partition coefficient (Wildman–Crippen LogP) is 1.86. The largest absolute Gasteiger partial charge is 0.337 e. The van der Waals surface area contributed by atoms with Crippen LogP contribution in [-0.2, 0) is 0 Å². The highest BCUT2D eigenvalue weighted by Gasteiger charge is 2.10. The highest BCUT2D eigenvalue weighted by Crippen LogP contribution is 2.12. The summed E-state index contributed by atoms with van der Waals surface area (Å²) in [4.78, 5) is 11.1. The van der Waals surface area contributed by atoms with Gasteiger partial charge in [-0.05, 0) is 26.3 Å². The van der Waals surface area contributed by atoms with E-state index in [1.807, 2.05) is 19.9 Å². The molecule has 3 heteroatoms. The fourth-order valence-electron chi connectivity index (χ4n) is 1.67. The van der Waals surface area contributed by atoms with Crippen LogP contribution in [0.5, 0.6) is 0 Å². The second-order valence-electron chi connectivity index (χ2n) is 3.66. The van der Waals surface area contributed by atoms with Crippen molar-refractivity contribution in [3.8, 4) is 0 Å². The minimum atomic E-state index is 0.867. The fraction of sp³-hybridized carbons (Fsp3) is 0.455. The molecule has 0 unspecified atom stereocenters. The molecule has 0 aromatic carbocycles. The van der Waals surface area contributed by atoms with E-state index in [0.29, 0.717) is 0 Å². The predicted molar refractivity (Wildman–Crippen MR) is 57.5 cm³/mol. The van der Waals surface area contributed by atoms with Crippen LogP contribution in [0.1, 0.15) is 17.8 Å². The third-order valence-corrected chi connectivity index (χ3v) is 2.31. The summed E-state index contributed by atoms with van der Waals surface area (Å²) >= 11 is 0. The summed E-state index contributed by atoms with van der Waals surface area (Å²) in [5.41, 5.74) is 2.09. The number of nitrogens with zero attached hydrogens (tertiary/aromatic N) is 3. The lowest BCUT2D eigenvalue weighted by atomic mass is 10.2. The normalized spacial score (nSPS) is 16.0. The van der Waals surface area contributed by atoms with Crippen molar-refractivity contribution in [2.24, 2.45) is 0 Å². The molecule has 3 nitrogen and oxygen atoms in total. The van der Waals surface area contributed by atoms with Crippen molar-refractivity contribution < 1.29 is 0 Å². The zero-order chi connectivity index (χ0) is 9.97. The number of rotatable bonds is 1. The van der Waals surface area contributed by atoms with E-state index in [1.165, 1.54) is 0 Å². The molecule has 0 bridgehead atoms. The van der Waals surface area contributed by atoms with Crippen molar-refractivity contribution in [1.29, 1.82) is 0 Å². The lowest BCUT2D eigenvalue weighted by molar-refractivity contribution is 0.779. The molecule has 2 rings (SSSR count). The first-order valence-corrected chi connectivity index (χ1v) is 4.98. The fourth-order valence-corrected chi connectivity index (χ4v) is 1.67. The van der Waals surface area contributed by atoms with Crippen LogP contribution in [-0.4, -0.2) is 23.1 Å². The maximum atomic E-state index is 4.44. The highest BCUT2D eigenvalue weighted by atomic mass is 15.2. The molecule has 1 aliphatic heterocycles. The van der Waals surface area contributed by atoms with Crippen molar-refractivity contribution in [1.82, 2.24) is 9.97 Å². The maximum Gasteiger partial charge on any atom is 0.226 e. The molecule has 0 fully saturated rings. The first-order valence-electron chi connectivity index (χ1n) is 4.98. The molecule has 14 heavy (non-hydrogen) atoms. The Bertz CT molecular complexity index is 337. The number of anilines is 1. The van der Waals surface area contributed by atoms with E-state index in [0.717, 1.165) is 36.8 Å². The summed E-state index contributed by atoms with van der Waals surface area (Å²) in [6, 6.07) is 2.00. The van der Waals surface area contributed by atoms with Gasteiger partial charge < -0.3 is 4.90 Å². The lowest BCUT2D eigenvalue weighted by Gasteiger charge is -2.23. The third-order valence-electron chi connectivity index (χ3n) is 2.31. The van der Waals surface area contributed by atoms with Gasteiger partial charge in [0.1, 0.15) is 0 Å². The summed E-state index contributed by atoms with van der Waals surface area (Å²) in [5.74, 6) is 0.867. The Morgan fingerprint density at radius 3 is 2.43 bits per heavy atom. The second-order valence-corrected chi connectivity index (χ2v) is 3.66. The first-order chi connectivity index (χ1) is 6.75. The zero-order valence-corrected chi connectivity index (χ0v) is 8.70. The Kier molecular flexibility index (Phi) is 2.48.